The van der Waals surface area contributed by atoms with Crippen LogP contribution in [-0.2, 0) is 0 Å². The number of hydrogen-bond donors (Lipinski definition) is 1. The van der Waals surface area contributed by atoms with Crippen LogP contribution in [0.5, 0.6) is 0 Å². The monoisotopic (exact) mass is 227 g/mol. The Morgan fingerprint density at radius 1 is 1.73 bits per heavy atom. The quantitative estimate of drug-likeness (QED) is 0.817. The molecule has 15 heavy (non-hydrogen) atoms. The average Bonchev–Trinajstić information content (AvgIpc) is 2.66. The van der Waals surface area contributed by atoms with Gasteiger partial charge in [-0.3, -0.25) is 4.79 Å². The lowest BCUT2D eigenvalue weighted by atomic mass is 9.89. The van der Waals surface area contributed by atoms with Crippen molar-refractivity contribution in [1.29, 1.82) is 0 Å². The Kier molecular flexibility index (Phi) is 2.70. The summed E-state index contributed by atoms with van der Waals surface area (Å²) in [5, 5.41) is 13.5. The summed E-state index contributed by atoms with van der Waals surface area (Å²) in [6, 6.07) is 0. The SMILES string of the molecule is CCCC1(O)CN(C(=O)c2cnns2)C1. The van der Waals surface area contributed by atoms with Crippen LogP contribution >= 0.6 is 11.5 Å². The molecule has 0 aromatic carbocycles. The van der Waals surface area contributed by atoms with Gasteiger partial charge in [-0.25, -0.2) is 0 Å². The Hall–Kier alpha value is -1.01. The lowest BCUT2D eigenvalue weighted by Crippen LogP contribution is -2.63. The van der Waals surface area contributed by atoms with E-state index < -0.39 is 5.60 Å². The van der Waals surface area contributed by atoms with Gasteiger partial charge in [0.05, 0.1) is 24.9 Å². The number of aromatic nitrogens is 2. The van der Waals surface area contributed by atoms with Crippen LogP contribution < -0.4 is 0 Å². The van der Waals surface area contributed by atoms with Crippen LogP contribution in [0.25, 0.3) is 0 Å². The predicted octanol–water partition coefficient (Wildman–Crippen LogP) is 0.525. The van der Waals surface area contributed by atoms with Crippen LogP contribution in [0.3, 0.4) is 0 Å². The fraction of sp³-hybridized carbons (Fsp3) is 0.667. The number of likely N-dealkylation sites (tertiary alicyclic amines) is 1. The largest absolute Gasteiger partial charge is 0.386 e. The molecule has 1 aromatic heterocycles. The second-order valence-electron chi connectivity index (χ2n) is 3.92. The van der Waals surface area contributed by atoms with Crippen molar-refractivity contribution in [3.63, 3.8) is 0 Å². The maximum atomic E-state index is 11.7. The van der Waals surface area contributed by atoms with E-state index in [-0.39, 0.29) is 5.91 Å². The van der Waals surface area contributed by atoms with Gasteiger partial charge in [-0.15, -0.1) is 5.10 Å². The van der Waals surface area contributed by atoms with E-state index in [9.17, 15) is 9.90 Å². The highest BCUT2D eigenvalue weighted by Gasteiger charge is 2.43. The third-order valence-electron chi connectivity index (χ3n) is 2.55. The van der Waals surface area contributed by atoms with E-state index in [1.165, 1.54) is 6.20 Å². The molecule has 1 aromatic rings. The number of amides is 1. The fourth-order valence-corrected chi connectivity index (χ4v) is 2.33. The van der Waals surface area contributed by atoms with Gasteiger partial charge >= 0.3 is 0 Å². The molecule has 1 aliphatic heterocycles. The van der Waals surface area contributed by atoms with Crippen LogP contribution in [0.4, 0.5) is 0 Å². The Balaban J connectivity index is 1.92. The van der Waals surface area contributed by atoms with E-state index in [0.29, 0.717) is 18.0 Å². The Morgan fingerprint density at radius 3 is 3.00 bits per heavy atom. The highest BCUT2D eigenvalue weighted by Crippen LogP contribution is 2.27. The van der Waals surface area contributed by atoms with Crippen molar-refractivity contribution in [1.82, 2.24) is 14.5 Å². The van der Waals surface area contributed by atoms with Gasteiger partial charge in [-0.1, -0.05) is 17.8 Å². The van der Waals surface area contributed by atoms with Crippen LogP contribution in [0, 0.1) is 0 Å². The molecular weight excluding hydrogens is 214 g/mol. The van der Waals surface area contributed by atoms with Gasteiger partial charge in [-0.05, 0) is 18.0 Å². The third kappa shape index (κ3) is 2.00. The first-order valence-electron chi connectivity index (χ1n) is 4.94. The number of rotatable bonds is 3. The maximum Gasteiger partial charge on any atom is 0.267 e. The number of carbonyl (C=O) groups excluding carboxylic acids is 1. The second kappa shape index (κ2) is 3.86. The molecule has 0 saturated carbocycles. The number of nitrogens with zero attached hydrogens (tertiary/aromatic N) is 3. The molecule has 1 N–H and O–H groups in total. The molecule has 0 atom stereocenters. The minimum Gasteiger partial charge on any atom is -0.386 e. The molecule has 0 spiro atoms. The van der Waals surface area contributed by atoms with Gasteiger partial charge in [0.15, 0.2) is 0 Å². The molecule has 1 saturated heterocycles. The molecule has 2 rings (SSSR count). The van der Waals surface area contributed by atoms with Crippen molar-refractivity contribution in [2.45, 2.75) is 25.4 Å². The minimum absolute atomic E-state index is 0.0780. The van der Waals surface area contributed by atoms with Gasteiger partial charge in [0.25, 0.3) is 5.91 Å². The summed E-state index contributed by atoms with van der Waals surface area (Å²) in [6.45, 7) is 2.88. The molecule has 5 nitrogen and oxygen atoms in total. The first-order chi connectivity index (χ1) is 7.14. The highest BCUT2D eigenvalue weighted by atomic mass is 32.1. The normalized spacial score (nSPS) is 18.7. The van der Waals surface area contributed by atoms with Crippen molar-refractivity contribution in [2.75, 3.05) is 13.1 Å². The van der Waals surface area contributed by atoms with E-state index >= 15 is 0 Å². The molecule has 0 aliphatic carbocycles. The zero-order chi connectivity index (χ0) is 10.9. The molecule has 0 radical (unpaired) electrons. The summed E-state index contributed by atoms with van der Waals surface area (Å²) < 4.78 is 3.64. The lowest BCUT2D eigenvalue weighted by molar-refractivity contribution is -0.0858. The smallest absolute Gasteiger partial charge is 0.267 e. The summed E-state index contributed by atoms with van der Waals surface area (Å²) in [5.41, 5.74) is -0.664. The van der Waals surface area contributed by atoms with E-state index in [1.54, 1.807) is 4.90 Å². The molecule has 6 heteroatoms. The van der Waals surface area contributed by atoms with Gasteiger partial charge in [0.2, 0.25) is 0 Å². The molecular formula is C9H13N3O2S. The first-order valence-corrected chi connectivity index (χ1v) is 5.71. The van der Waals surface area contributed by atoms with Crippen LogP contribution in [0.1, 0.15) is 29.4 Å². The molecule has 1 fully saturated rings. The van der Waals surface area contributed by atoms with Crippen molar-refractivity contribution in [3.8, 4) is 0 Å². The van der Waals surface area contributed by atoms with Gasteiger partial charge in [0, 0.05) is 0 Å². The molecule has 82 valence electrons. The highest BCUT2D eigenvalue weighted by molar-refractivity contribution is 7.07. The summed E-state index contributed by atoms with van der Waals surface area (Å²) in [6.07, 6.45) is 3.14. The second-order valence-corrected chi connectivity index (χ2v) is 4.70. The predicted molar refractivity (Wildman–Crippen MR) is 55.7 cm³/mol. The molecule has 0 bridgehead atoms. The van der Waals surface area contributed by atoms with Crippen LogP contribution in [0.2, 0.25) is 0 Å². The van der Waals surface area contributed by atoms with E-state index in [2.05, 4.69) is 9.59 Å². The van der Waals surface area contributed by atoms with Crippen LogP contribution in [-0.4, -0.2) is 44.2 Å². The summed E-state index contributed by atoms with van der Waals surface area (Å²) >= 11 is 1.09. The van der Waals surface area contributed by atoms with Crippen LogP contribution in [0.15, 0.2) is 6.20 Å². The number of aliphatic hydroxyl groups is 1. The average molecular weight is 227 g/mol. The van der Waals surface area contributed by atoms with Crippen molar-refractivity contribution in [3.05, 3.63) is 11.1 Å². The minimum atomic E-state index is -0.664. The maximum absolute atomic E-state index is 11.7. The Bertz CT molecular complexity index is 346. The van der Waals surface area contributed by atoms with Crippen molar-refractivity contribution in [2.24, 2.45) is 0 Å². The van der Waals surface area contributed by atoms with Gasteiger partial charge in [0.1, 0.15) is 4.88 Å². The number of carbonyl (C=O) groups is 1. The van der Waals surface area contributed by atoms with E-state index in [0.717, 1.165) is 24.4 Å². The molecule has 1 aliphatic rings. The first kappa shape index (κ1) is 10.5. The topological polar surface area (TPSA) is 66.3 Å². The standard InChI is InChI=1S/C9H13N3O2S/c1-2-3-9(14)5-12(6-9)8(13)7-4-10-11-15-7/h4,14H,2-3,5-6H2,1H3. The zero-order valence-electron chi connectivity index (χ0n) is 8.51. The Morgan fingerprint density at radius 2 is 2.47 bits per heavy atom. The zero-order valence-corrected chi connectivity index (χ0v) is 9.33. The summed E-state index contributed by atoms with van der Waals surface area (Å²) in [5.74, 6) is -0.0780. The van der Waals surface area contributed by atoms with E-state index in [4.69, 9.17) is 0 Å². The number of hydrogen-bond acceptors (Lipinski definition) is 5. The molecule has 2 heterocycles. The fourth-order valence-electron chi connectivity index (χ4n) is 1.85. The molecule has 1 amide bonds. The van der Waals surface area contributed by atoms with Gasteiger partial charge < -0.3 is 10.0 Å². The van der Waals surface area contributed by atoms with E-state index in [1.807, 2.05) is 6.92 Å². The van der Waals surface area contributed by atoms with Gasteiger partial charge in [-0.2, -0.15) is 0 Å². The van der Waals surface area contributed by atoms with Crippen molar-refractivity contribution >= 4 is 17.4 Å². The number of β-amino-alcohol motifs (C(OH)–C–C–N with tert-alkyl or cyclic N) is 1. The molecule has 0 unspecified atom stereocenters. The van der Waals surface area contributed by atoms with Crippen molar-refractivity contribution < 1.29 is 9.90 Å². The Labute approximate surface area is 91.9 Å². The summed E-state index contributed by atoms with van der Waals surface area (Å²) in [4.78, 5) is 13.9. The lowest BCUT2D eigenvalue weighted by Gasteiger charge is -2.46. The third-order valence-corrected chi connectivity index (χ3v) is 3.20. The summed E-state index contributed by atoms with van der Waals surface area (Å²) in [7, 11) is 0.